The molecule has 0 radical (unpaired) electrons. The van der Waals surface area contributed by atoms with E-state index in [9.17, 15) is 9.59 Å². The van der Waals surface area contributed by atoms with Crippen molar-refractivity contribution in [1.82, 2.24) is 15.1 Å². The zero-order valence-corrected chi connectivity index (χ0v) is 13.2. The Morgan fingerprint density at radius 1 is 1.15 bits per heavy atom. The summed E-state index contributed by atoms with van der Waals surface area (Å²) < 4.78 is 0. The molecular formula is C14H25N3O2S. The molecule has 0 aromatic carbocycles. The van der Waals surface area contributed by atoms with Gasteiger partial charge in [-0.2, -0.15) is 11.8 Å². The van der Waals surface area contributed by atoms with Crippen LogP contribution in [0.15, 0.2) is 0 Å². The van der Waals surface area contributed by atoms with Crippen LogP contribution in [0.5, 0.6) is 0 Å². The Morgan fingerprint density at radius 2 is 1.85 bits per heavy atom. The minimum atomic E-state index is -0.331. The molecule has 2 unspecified atom stereocenters. The van der Waals surface area contributed by atoms with Crippen molar-refractivity contribution in [3.05, 3.63) is 0 Å². The van der Waals surface area contributed by atoms with E-state index in [4.69, 9.17) is 0 Å². The highest BCUT2D eigenvalue weighted by molar-refractivity contribution is 7.99. The van der Waals surface area contributed by atoms with E-state index in [-0.39, 0.29) is 23.9 Å². The van der Waals surface area contributed by atoms with Crippen molar-refractivity contribution in [2.24, 2.45) is 0 Å². The summed E-state index contributed by atoms with van der Waals surface area (Å²) in [6.45, 7) is 7.64. The van der Waals surface area contributed by atoms with Gasteiger partial charge in [0, 0.05) is 37.7 Å². The van der Waals surface area contributed by atoms with Gasteiger partial charge in [-0.25, -0.2) is 0 Å². The average Bonchev–Trinajstić information content (AvgIpc) is 2.48. The van der Waals surface area contributed by atoms with Gasteiger partial charge in [-0.1, -0.05) is 13.8 Å². The molecule has 5 nitrogen and oxygen atoms in total. The van der Waals surface area contributed by atoms with Crippen LogP contribution in [-0.4, -0.2) is 71.4 Å². The van der Waals surface area contributed by atoms with Crippen molar-refractivity contribution < 1.29 is 9.59 Å². The van der Waals surface area contributed by atoms with E-state index in [1.54, 1.807) is 4.90 Å². The summed E-state index contributed by atoms with van der Waals surface area (Å²) in [5.74, 6) is 2.44. The highest BCUT2D eigenvalue weighted by Gasteiger charge is 2.38. The van der Waals surface area contributed by atoms with Crippen molar-refractivity contribution in [3.63, 3.8) is 0 Å². The molecular weight excluding hydrogens is 274 g/mol. The van der Waals surface area contributed by atoms with Crippen molar-refractivity contribution in [1.29, 1.82) is 0 Å². The van der Waals surface area contributed by atoms with Crippen LogP contribution in [0.25, 0.3) is 0 Å². The first-order valence-corrected chi connectivity index (χ1v) is 8.73. The molecule has 0 spiro atoms. The first kappa shape index (κ1) is 15.6. The second-order valence-corrected chi connectivity index (χ2v) is 6.60. The molecule has 1 N–H and O–H groups in total. The lowest BCUT2D eigenvalue weighted by Crippen LogP contribution is -2.63. The Labute approximate surface area is 125 Å². The molecule has 2 aliphatic rings. The summed E-state index contributed by atoms with van der Waals surface area (Å²) in [4.78, 5) is 28.7. The summed E-state index contributed by atoms with van der Waals surface area (Å²) >= 11 is 1.98. The lowest BCUT2D eigenvalue weighted by atomic mass is 10.0. The topological polar surface area (TPSA) is 52.7 Å². The lowest BCUT2D eigenvalue weighted by Gasteiger charge is -2.39. The number of nitrogens with zero attached hydrogens (tertiary/aromatic N) is 2. The number of hydrogen-bond acceptors (Lipinski definition) is 4. The number of hydrogen-bond donors (Lipinski definition) is 1. The van der Waals surface area contributed by atoms with E-state index in [1.165, 1.54) is 11.5 Å². The zero-order valence-electron chi connectivity index (χ0n) is 12.4. The number of amides is 2. The minimum Gasteiger partial charge on any atom is -0.343 e. The highest BCUT2D eigenvalue weighted by atomic mass is 32.2. The van der Waals surface area contributed by atoms with Gasteiger partial charge in [-0.3, -0.25) is 14.5 Å². The molecule has 2 aliphatic heterocycles. The van der Waals surface area contributed by atoms with Gasteiger partial charge < -0.3 is 10.2 Å². The quantitative estimate of drug-likeness (QED) is 0.805. The van der Waals surface area contributed by atoms with Gasteiger partial charge >= 0.3 is 0 Å². The van der Waals surface area contributed by atoms with Gasteiger partial charge in [0.05, 0.1) is 0 Å². The van der Waals surface area contributed by atoms with Gasteiger partial charge in [0.15, 0.2) is 0 Å². The Hall–Kier alpha value is -0.750. The third-order valence-corrected chi connectivity index (χ3v) is 5.07. The van der Waals surface area contributed by atoms with Crippen molar-refractivity contribution in [2.45, 2.75) is 38.8 Å². The van der Waals surface area contributed by atoms with Crippen LogP contribution in [0.3, 0.4) is 0 Å². The molecule has 2 saturated heterocycles. The summed E-state index contributed by atoms with van der Waals surface area (Å²) in [6.07, 6.45) is 1.35. The summed E-state index contributed by atoms with van der Waals surface area (Å²) in [5.41, 5.74) is 0. The van der Waals surface area contributed by atoms with E-state index in [2.05, 4.69) is 10.2 Å². The van der Waals surface area contributed by atoms with Crippen LogP contribution in [-0.2, 0) is 9.59 Å². The SMILES string of the molecule is CCC1NC(=O)C(CC)N(CCN2CCSCC2)C1=O. The molecule has 0 bridgehead atoms. The largest absolute Gasteiger partial charge is 0.343 e. The standard InChI is InChI=1S/C14H25N3O2S/c1-3-11-14(19)17(12(4-2)13(18)15-11)6-5-16-7-9-20-10-8-16/h11-12H,3-10H2,1-2H3,(H,15,18). The zero-order chi connectivity index (χ0) is 14.5. The normalized spacial score (nSPS) is 28.6. The smallest absolute Gasteiger partial charge is 0.245 e. The molecule has 20 heavy (non-hydrogen) atoms. The van der Waals surface area contributed by atoms with Gasteiger partial charge in [-0.15, -0.1) is 0 Å². The molecule has 0 aromatic heterocycles. The molecule has 2 rings (SSSR count). The third-order valence-electron chi connectivity index (χ3n) is 4.13. The fraction of sp³-hybridized carbons (Fsp3) is 0.857. The Morgan fingerprint density at radius 3 is 2.45 bits per heavy atom. The van der Waals surface area contributed by atoms with E-state index in [0.717, 1.165) is 19.6 Å². The van der Waals surface area contributed by atoms with Crippen LogP contribution >= 0.6 is 11.8 Å². The minimum absolute atomic E-state index is 0.00755. The van der Waals surface area contributed by atoms with Crippen LogP contribution in [0, 0.1) is 0 Å². The Balaban J connectivity index is 1.96. The second kappa shape index (κ2) is 7.31. The third kappa shape index (κ3) is 3.47. The molecule has 2 fully saturated rings. The number of rotatable bonds is 5. The number of nitrogens with one attached hydrogen (secondary N) is 1. The predicted molar refractivity (Wildman–Crippen MR) is 81.8 cm³/mol. The van der Waals surface area contributed by atoms with Crippen LogP contribution in [0.2, 0.25) is 0 Å². The fourth-order valence-corrected chi connectivity index (χ4v) is 3.83. The molecule has 0 aliphatic carbocycles. The van der Waals surface area contributed by atoms with Gasteiger partial charge in [0.1, 0.15) is 12.1 Å². The maximum absolute atomic E-state index is 12.4. The van der Waals surface area contributed by atoms with E-state index >= 15 is 0 Å². The molecule has 2 amide bonds. The maximum atomic E-state index is 12.4. The second-order valence-electron chi connectivity index (χ2n) is 5.38. The number of carbonyl (C=O) groups is 2. The van der Waals surface area contributed by atoms with E-state index < -0.39 is 0 Å². The van der Waals surface area contributed by atoms with Gasteiger partial charge in [0.25, 0.3) is 0 Å². The van der Waals surface area contributed by atoms with Gasteiger partial charge in [-0.05, 0) is 12.8 Å². The van der Waals surface area contributed by atoms with Crippen LogP contribution < -0.4 is 5.32 Å². The first-order valence-electron chi connectivity index (χ1n) is 7.58. The Bertz CT molecular complexity index is 358. The van der Waals surface area contributed by atoms with Crippen molar-refractivity contribution in [2.75, 3.05) is 37.7 Å². The number of thioether (sulfide) groups is 1. The molecule has 6 heteroatoms. The first-order chi connectivity index (χ1) is 9.67. The Kier molecular flexibility index (Phi) is 5.72. The maximum Gasteiger partial charge on any atom is 0.245 e. The lowest BCUT2D eigenvalue weighted by molar-refractivity contribution is -0.149. The monoisotopic (exact) mass is 299 g/mol. The molecule has 114 valence electrons. The highest BCUT2D eigenvalue weighted by Crippen LogP contribution is 2.15. The van der Waals surface area contributed by atoms with E-state index in [0.29, 0.717) is 19.4 Å². The molecule has 0 saturated carbocycles. The molecule has 2 atom stereocenters. The average molecular weight is 299 g/mol. The number of carbonyl (C=O) groups excluding carboxylic acids is 2. The summed E-state index contributed by atoms with van der Waals surface area (Å²) in [5, 5.41) is 2.84. The van der Waals surface area contributed by atoms with Crippen molar-refractivity contribution in [3.8, 4) is 0 Å². The van der Waals surface area contributed by atoms with E-state index in [1.807, 2.05) is 25.6 Å². The fourth-order valence-electron chi connectivity index (χ4n) is 2.85. The van der Waals surface area contributed by atoms with Crippen LogP contribution in [0.4, 0.5) is 0 Å². The summed E-state index contributed by atoms with van der Waals surface area (Å²) in [6, 6.07) is -0.619. The summed E-state index contributed by atoms with van der Waals surface area (Å²) in [7, 11) is 0. The molecule has 2 heterocycles. The van der Waals surface area contributed by atoms with Gasteiger partial charge in [0.2, 0.25) is 11.8 Å². The number of piperazine rings is 1. The van der Waals surface area contributed by atoms with Crippen LogP contribution in [0.1, 0.15) is 26.7 Å². The predicted octanol–water partition coefficient (Wildman–Crippen LogP) is 0.551. The van der Waals surface area contributed by atoms with Crippen molar-refractivity contribution >= 4 is 23.6 Å². The molecule has 0 aromatic rings.